The van der Waals surface area contributed by atoms with Crippen molar-refractivity contribution in [2.24, 2.45) is 5.92 Å². The number of halogens is 1. The van der Waals surface area contributed by atoms with Crippen LogP contribution in [0.3, 0.4) is 0 Å². The molecule has 1 rings (SSSR count). The second kappa shape index (κ2) is 3.76. The SMILES string of the molecule is O[C@H]1CC[C@H](CI)CC1. The number of aliphatic hydroxyl groups is 1. The van der Waals surface area contributed by atoms with E-state index in [-0.39, 0.29) is 6.10 Å². The summed E-state index contributed by atoms with van der Waals surface area (Å²) in [6.45, 7) is 0. The molecule has 1 fully saturated rings. The quantitative estimate of drug-likeness (QED) is 0.548. The second-order valence-corrected chi connectivity index (χ2v) is 3.71. The average Bonchev–Trinajstić information content (AvgIpc) is 1.90. The maximum atomic E-state index is 9.12. The highest BCUT2D eigenvalue weighted by Crippen LogP contribution is 2.25. The summed E-state index contributed by atoms with van der Waals surface area (Å²) < 4.78 is 1.27. The lowest BCUT2D eigenvalue weighted by atomic mass is 9.89. The van der Waals surface area contributed by atoms with Gasteiger partial charge >= 0.3 is 0 Å². The van der Waals surface area contributed by atoms with Crippen molar-refractivity contribution >= 4 is 22.6 Å². The minimum Gasteiger partial charge on any atom is -0.393 e. The predicted molar refractivity (Wildman–Crippen MR) is 46.9 cm³/mol. The number of rotatable bonds is 1. The van der Waals surface area contributed by atoms with E-state index in [4.69, 9.17) is 5.11 Å². The smallest absolute Gasteiger partial charge is 0.0540 e. The fourth-order valence-electron chi connectivity index (χ4n) is 1.30. The average molecular weight is 240 g/mol. The van der Waals surface area contributed by atoms with Gasteiger partial charge in [0.05, 0.1) is 6.10 Å². The maximum absolute atomic E-state index is 9.12. The fraction of sp³-hybridized carbons (Fsp3) is 1.00. The molecule has 0 heterocycles. The summed E-state index contributed by atoms with van der Waals surface area (Å²) in [6, 6.07) is 0. The van der Waals surface area contributed by atoms with Gasteiger partial charge in [-0.1, -0.05) is 22.6 Å². The number of alkyl halides is 1. The molecule has 1 saturated carbocycles. The van der Waals surface area contributed by atoms with Crippen molar-refractivity contribution in [3.63, 3.8) is 0 Å². The van der Waals surface area contributed by atoms with E-state index >= 15 is 0 Å². The molecule has 0 unspecified atom stereocenters. The Morgan fingerprint density at radius 1 is 1.22 bits per heavy atom. The van der Waals surface area contributed by atoms with Crippen LogP contribution in [0.25, 0.3) is 0 Å². The van der Waals surface area contributed by atoms with Crippen LogP contribution in [0.5, 0.6) is 0 Å². The summed E-state index contributed by atoms with van der Waals surface area (Å²) in [4.78, 5) is 0. The summed E-state index contributed by atoms with van der Waals surface area (Å²) in [6.07, 6.45) is 4.57. The first-order chi connectivity index (χ1) is 4.33. The van der Waals surface area contributed by atoms with Gasteiger partial charge in [-0.2, -0.15) is 0 Å². The van der Waals surface area contributed by atoms with E-state index in [1.807, 2.05) is 0 Å². The third-order valence-corrected chi connectivity index (χ3v) is 3.28. The highest BCUT2D eigenvalue weighted by molar-refractivity contribution is 14.1. The molecule has 54 valence electrons. The summed E-state index contributed by atoms with van der Waals surface area (Å²) in [7, 11) is 0. The molecule has 0 aromatic rings. The van der Waals surface area contributed by atoms with Crippen molar-refractivity contribution < 1.29 is 5.11 Å². The number of hydrogen-bond acceptors (Lipinski definition) is 1. The number of hydrogen-bond donors (Lipinski definition) is 1. The highest BCUT2D eigenvalue weighted by atomic mass is 127. The zero-order valence-electron chi connectivity index (χ0n) is 5.52. The van der Waals surface area contributed by atoms with E-state index in [2.05, 4.69) is 22.6 Å². The molecule has 0 aliphatic heterocycles. The van der Waals surface area contributed by atoms with Gasteiger partial charge in [0.15, 0.2) is 0 Å². The van der Waals surface area contributed by atoms with Gasteiger partial charge in [0.2, 0.25) is 0 Å². The van der Waals surface area contributed by atoms with Gasteiger partial charge in [-0.15, -0.1) is 0 Å². The Bertz CT molecular complexity index is 77.0. The Balaban J connectivity index is 2.18. The molecule has 0 radical (unpaired) electrons. The number of aliphatic hydroxyl groups excluding tert-OH is 1. The van der Waals surface area contributed by atoms with Gasteiger partial charge in [0, 0.05) is 4.43 Å². The summed E-state index contributed by atoms with van der Waals surface area (Å²) in [5.41, 5.74) is 0. The molecule has 0 spiro atoms. The normalized spacial score (nSPS) is 36.7. The van der Waals surface area contributed by atoms with Crippen molar-refractivity contribution in [1.82, 2.24) is 0 Å². The van der Waals surface area contributed by atoms with Crippen LogP contribution in [0, 0.1) is 5.92 Å². The molecule has 0 bridgehead atoms. The van der Waals surface area contributed by atoms with Gasteiger partial charge in [0.25, 0.3) is 0 Å². The van der Waals surface area contributed by atoms with Gasteiger partial charge < -0.3 is 5.11 Å². The summed E-state index contributed by atoms with van der Waals surface area (Å²) >= 11 is 2.43. The minimum atomic E-state index is 0.0178. The van der Waals surface area contributed by atoms with Crippen molar-refractivity contribution in [1.29, 1.82) is 0 Å². The molecule has 1 aliphatic carbocycles. The molecule has 1 nitrogen and oxygen atoms in total. The van der Waals surface area contributed by atoms with Gasteiger partial charge in [-0.05, 0) is 31.6 Å². The van der Waals surface area contributed by atoms with E-state index in [0.29, 0.717) is 0 Å². The summed E-state index contributed by atoms with van der Waals surface area (Å²) in [5.74, 6) is 0.897. The van der Waals surface area contributed by atoms with Crippen LogP contribution in [0.1, 0.15) is 25.7 Å². The first-order valence-corrected chi connectivity index (χ1v) is 5.09. The van der Waals surface area contributed by atoms with E-state index in [1.165, 1.54) is 17.3 Å². The van der Waals surface area contributed by atoms with Crippen LogP contribution < -0.4 is 0 Å². The highest BCUT2D eigenvalue weighted by Gasteiger charge is 2.17. The standard InChI is InChI=1S/C7H13IO/c8-5-6-1-3-7(9)4-2-6/h6-7,9H,1-5H2/t6-,7-. The first-order valence-electron chi connectivity index (χ1n) is 3.57. The molecule has 0 amide bonds. The van der Waals surface area contributed by atoms with Crippen LogP contribution in [0.4, 0.5) is 0 Å². The third-order valence-electron chi connectivity index (χ3n) is 2.03. The Hall–Kier alpha value is 0.690. The van der Waals surface area contributed by atoms with Crippen LogP contribution in [0.2, 0.25) is 0 Å². The van der Waals surface area contributed by atoms with Crippen molar-refractivity contribution in [3.05, 3.63) is 0 Å². The van der Waals surface area contributed by atoms with Crippen LogP contribution in [0.15, 0.2) is 0 Å². The topological polar surface area (TPSA) is 20.2 Å². The van der Waals surface area contributed by atoms with Gasteiger partial charge in [-0.25, -0.2) is 0 Å². The molecule has 0 aromatic heterocycles. The van der Waals surface area contributed by atoms with Crippen LogP contribution in [-0.2, 0) is 0 Å². The summed E-state index contributed by atoms with van der Waals surface area (Å²) in [5, 5.41) is 9.12. The molecule has 1 N–H and O–H groups in total. The molecule has 0 atom stereocenters. The van der Waals surface area contributed by atoms with Crippen molar-refractivity contribution in [2.45, 2.75) is 31.8 Å². The first kappa shape index (κ1) is 7.79. The molecular formula is C7H13IO. The molecular weight excluding hydrogens is 227 g/mol. The Morgan fingerprint density at radius 3 is 2.22 bits per heavy atom. The van der Waals surface area contributed by atoms with Crippen molar-refractivity contribution in [2.75, 3.05) is 4.43 Å². The maximum Gasteiger partial charge on any atom is 0.0540 e. The molecule has 9 heavy (non-hydrogen) atoms. The lowest BCUT2D eigenvalue weighted by Gasteiger charge is -2.23. The molecule has 1 aliphatic rings. The fourth-order valence-corrected chi connectivity index (χ4v) is 2.18. The lowest BCUT2D eigenvalue weighted by Crippen LogP contribution is -2.18. The molecule has 0 aromatic carbocycles. The van der Waals surface area contributed by atoms with Gasteiger partial charge in [0.1, 0.15) is 0 Å². The Labute approximate surface area is 70.0 Å². The zero-order chi connectivity index (χ0) is 6.69. The van der Waals surface area contributed by atoms with E-state index in [9.17, 15) is 0 Å². The largest absolute Gasteiger partial charge is 0.393 e. The molecule has 0 saturated heterocycles. The van der Waals surface area contributed by atoms with Crippen molar-refractivity contribution in [3.8, 4) is 0 Å². The van der Waals surface area contributed by atoms with E-state index in [1.54, 1.807) is 0 Å². The zero-order valence-corrected chi connectivity index (χ0v) is 7.67. The Kier molecular flexibility index (Phi) is 3.26. The Morgan fingerprint density at radius 2 is 1.78 bits per heavy atom. The van der Waals surface area contributed by atoms with Crippen LogP contribution in [-0.4, -0.2) is 15.6 Å². The van der Waals surface area contributed by atoms with E-state index in [0.717, 1.165) is 18.8 Å². The van der Waals surface area contributed by atoms with Crippen LogP contribution >= 0.6 is 22.6 Å². The lowest BCUT2D eigenvalue weighted by molar-refractivity contribution is 0.114. The second-order valence-electron chi connectivity index (χ2n) is 2.83. The minimum absolute atomic E-state index is 0.0178. The molecule has 2 heteroatoms. The van der Waals surface area contributed by atoms with E-state index < -0.39 is 0 Å². The predicted octanol–water partition coefficient (Wildman–Crippen LogP) is 1.97. The monoisotopic (exact) mass is 240 g/mol. The third kappa shape index (κ3) is 2.42. The van der Waals surface area contributed by atoms with Gasteiger partial charge in [-0.3, -0.25) is 0 Å².